The van der Waals surface area contributed by atoms with Gasteiger partial charge in [0.1, 0.15) is 5.82 Å². The second-order valence-corrected chi connectivity index (χ2v) is 7.11. The first-order valence-corrected chi connectivity index (χ1v) is 9.51. The standard InChI is InChI=1S/C21H22FN3O3/c1-13-19-16(20(26)23-9-4-10-27-12-14-7-8-14)11-18(24-21(19)28-25-13)15-5-2-3-6-17(15)22/h2-3,5-6,11,14H,4,7-10,12H2,1H3,(H,23,26). The number of fused-ring (bicyclic) bond motifs is 1. The van der Waals surface area contributed by atoms with Crippen LogP contribution in [0.5, 0.6) is 0 Å². The third kappa shape index (κ3) is 4.04. The molecule has 4 rings (SSSR count). The number of nitrogens with one attached hydrogen (secondary N) is 1. The van der Waals surface area contributed by atoms with Gasteiger partial charge in [0.15, 0.2) is 0 Å². The van der Waals surface area contributed by atoms with E-state index in [2.05, 4.69) is 15.5 Å². The predicted octanol–water partition coefficient (Wildman–Crippen LogP) is 3.88. The average Bonchev–Trinajstić information content (AvgIpc) is 3.45. The fourth-order valence-electron chi connectivity index (χ4n) is 3.09. The molecule has 28 heavy (non-hydrogen) atoms. The highest BCUT2D eigenvalue weighted by Gasteiger charge is 2.21. The largest absolute Gasteiger partial charge is 0.381 e. The van der Waals surface area contributed by atoms with Crippen molar-refractivity contribution < 1.29 is 18.4 Å². The van der Waals surface area contributed by atoms with Crippen LogP contribution in [0.15, 0.2) is 34.9 Å². The Kier molecular flexibility index (Phi) is 5.34. The molecule has 3 aromatic rings. The minimum absolute atomic E-state index is 0.219. The lowest BCUT2D eigenvalue weighted by Crippen LogP contribution is -2.25. The highest BCUT2D eigenvalue weighted by molar-refractivity contribution is 6.07. The molecule has 0 saturated heterocycles. The summed E-state index contributed by atoms with van der Waals surface area (Å²) in [5.41, 5.74) is 1.80. The molecule has 0 spiro atoms. The van der Waals surface area contributed by atoms with E-state index in [1.807, 2.05) is 0 Å². The van der Waals surface area contributed by atoms with Crippen molar-refractivity contribution in [3.63, 3.8) is 0 Å². The molecule has 0 atom stereocenters. The van der Waals surface area contributed by atoms with Crippen LogP contribution in [-0.4, -0.2) is 35.8 Å². The van der Waals surface area contributed by atoms with Crippen LogP contribution < -0.4 is 5.32 Å². The first kappa shape index (κ1) is 18.6. The summed E-state index contributed by atoms with van der Waals surface area (Å²) >= 11 is 0. The summed E-state index contributed by atoms with van der Waals surface area (Å²) in [4.78, 5) is 17.1. The fraction of sp³-hybridized carbons (Fsp3) is 0.381. The average molecular weight is 383 g/mol. The van der Waals surface area contributed by atoms with Gasteiger partial charge in [-0.25, -0.2) is 9.37 Å². The van der Waals surface area contributed by atoms with Crippen molar-refractivity contribution in [1.82, 2.24) is 15.5 Å². The van der Waals surface area contributed by atoms with Crippen LogP contribution in [0.4, 0.5) is 4.39 Å². The van der Waals surface area contributed by atoms with E-state index in [0.29, 0.717) is 41.1 Å². The van der Waals surface area contributed by atoms with Gasteiger partial charge in [-0.15, -0.1) is 0 Å². The summed E-state index contributed by atoms with van der Waals surface area (Å²) in [6.07, 6.45) is 3.25. The molecule has 1 saturated carbocycles. The fourth-order valence-corrected chi connectivity index (χ4v) is 3.09. The molecule has 1 amide bonds. The Morgan fingerprint density at radius 2 is 2.18 bits per heavy atom. The Labute approximate surface area is 162 Å². The SMILES string of the molecule is Cc1noc2nc(-c3ccccc3F)cc(C(=O)NCCCOCC3CC3)c12. The Morgan fingerprint density at radius 3 is 2.96 bits per heavy atom. The quantitative estimate of drug-likeness (QED) is 0.597. The van der Waals surface area contributed by atoms with Gasteiger partial charge in [0.25, 0.3) is 11.6 Å². The van der Waals surface area contributed by atoms with Crippen molar-refractivity contribution >= 4 is 17.0 Å². The number of rotatable bonds is 8. The normalized spacial score (nSPS) is 13.8. The third-order valence-corrected chi connectivity index (χ3v) is 4.81. The van der Waals surface area contributed by atoms with Crippen LogP contribution in [0.25, 0.3) is 22.4 Å². The number of hydrogen-bond acceptors (Lipinski definition) is 5. The molecule has 1 aliphatic carbocycles. The van der Waals surface area contributed by atoms with Gasteiger partial charge in [-0.05, 0) is 50.3 Å². The monoisotopic (exact) mass is 383 g/mol. The lowest BCUT2D eigenvalue weighted by Gasteiger charge is -2.09. The lowest BCUT2D eigenvalue weighted by atomic mass is 10.0. The molecular weight excluding hydrogens is 361 g/mol. The zero-order valence-corrected chi connectivity index (χ0v) is 15.7. The van der Waals surface area contributed by atoms with Gasteiger partial charge in [-0.1, -0.05) is 17.3 Å². The minimum atomic E-state index is -0.412. The summed E-state index contributed by atoms with van der Waals surface area (Å²) in [7, 11) is 0. The third-order valence-electron chi connectivity index (χ3n) is 4.81. The molecule has 146 valence electrons. The van der Waals surface area contributed by atoms with Crippen molar-refractivity contribution in [2.75, 3.05) is 19.8 Å². The Balaban J connectivity index is 1.52. The summed E-state index contributed by atoms with van der Waals surface area (Å²) in [6, 6.07) is 7.88. The van der Waals surface area contributed by atoms with Crippen LogP contribution in [0.2, 0.25) is 0 Å². The van der Waals surface area contributed by atoms with Crippen molar-refractivity contribution in [3.05, 3.63) is 47.4 Å². The van der Waals surface area contributed by atoms with Crippen molar-refractivity contribution in [2.24, 2.45) is 5.92 Å². The highest BCUT2D eigenvalue weighted by Crippen LogP contribution is 2.29. The van der Waals surface area contributed by atoms with Gasteiger partial charge in [-0.2, -0.15) is 0 Å². The highest BCUT2D eigenvalue weighted by atomic mass is 19.1. The second-order valence-electron chi connectivity index (χ2n) is 7.11. The number of amides is 1. The molecule has 1 fully saturated rings. The van der Waals surface area contributed by atoms with E-state index in [9.17, 15) is 9.18 Å². The number of carbonyl (C=O) groups is 1. The van der Waals surface area contributed by atoms with Crippen LogP contribution in [-0.2, 0) is 4.74 Å². The second kappa shape index (κ2) is 8.06. The maximum Gasteiger partial charge on any atom is 0.259 e. The zero-order chi connectivity index (χ0) is 19.5. The lowest BCUT2D eigenvalue weighted by molar-refractivity contribution is 0.0939. The molecule has 0 unspecified atom stereocenters. The smallest absolute Gasteiger partial charge is 0.259 e. The van der Waals surface area contributed by atoms with Crippen LogP contribution >= 0.6 is 0 Å². The zero-order valence-electron chi connectivity index (χ0n) is 15.7. The van der Waals surface area contributed by atoms with Gasteiger partial charge in [-0.3, -0.25) is 4.79 Å². The van der Waals surface area contributed by atoms with Crippen LogP contribution in [0.1, 0.15) is 35.3 Å². The number of ether oxygens (including phenoxy) is 1. The number of carbonyl (C=O) groups excluding carboxylic acids is 1. The summed E-state index contributed by atoms with van der Waals surface area (Å²) in [6.45, 7) is 3.67. The molecule has 2 aromatic heterocycles. The minimum Gasteiger partial charge on any atom is -0.381 e. The summed E-state index contributed by atoms with van der Waals surface area (Å²) < 4.78 is 25.0. The van der Waals surface area contributed by atoms with E-state index in [0.717, 1.165) is 18.9 Å². The van der Waals surface area contributed by atoms with Gasteiger partial charge < -0.3 is 14.6 Å². The van der Waals surface area contributed by atoms with Crippen molar-refractivity contribution in [2.45, 2.75) is 26.2 Å². The van der Waals surface area contributed by atoms with Gasteiger partial charge >= 0.3 is 0 Å². The number of aryl methyl sites for hydroxylation is 1. The van der Waals surface area contributed by atoms with E-state index in [4.69, 9.17) is 9.26 Å². The summed E-state index contributed by atoms with van der Waals surface area (Å²) in [5, 5.41) is 7.35. The maximum atomic E-state index is 14.2. The number of halogens is 1. The van der Waals surface area contributed by atoms with Crippen molar-refractivity contribution in [1.29, 1.82) is 0 Å². The number of nitrogens with zero attached hydrogens (tertiary/aromatic N) is 2. The predicted molar refractivity (Wildman–Crippen MR) is 102 cm³/mol. The molecule has 0 radical (unpaired) electrons. The number of benzene rings is 1. The molecule has 0 bridgehead atoms. The van der Waals surface area contributed by atoms with E-state index in [1.54, 1.807) is 31.2 Å². The van der Waals surface area contributed by atoms with E-state index < -0.39 is 5.82 Å². The van der Waals surface area contributed by atoms with Crippen LogP contribution in [0, 0.1) is 18.7 Å². The number of pyridine rings is 1. The van der Waals surface area contributed by atoms with Crippen LogP contribution in [0.3, 0.4) is 0 Å². The van der Waals surface area contributed by atoms with Gasteiger partial charge in [0.2, 0.25) is 0 Å². The summed E-state index contributed by atoms with van der Waals surface area (Å²) in [5.74, 6) is 0.0521. The number of hydrogen-bond donors (Lipinski definition) is 1. The Morgan fingerprint density at radius 1 is 1.36 bits per heavy atom. The van der Waals surface area contributed by atoms with E-state index >= 15 is 0 Å². The molecule has 1 aliphatic rings. The first-order valence-electron chi connectivity index (χ1n) is 9.51. The molecule has 6 nitrogen and oxygen atoms in total. The van der Waals surface area contributed by atoms with Crippen molar-refractivity contribution in [3.8, 4) is 11.3 Å². The molecule has 1 aromatic carbocycles. The molecule has 7 heteroatoms. The molecule has 1 N–H and O–H groups in total. The van der Waals surface area contributed by atoms with Gasteiger partial charge in [0, 0.05) is 25.3 Å². The van der Waals surface area contributed by atoms with E-state index in [-0.39, 0.29) is 11.6 Å². The van der Waals surface area contributed by atoms with E-state index in [1.165, 1.54) is 18.9 Å². The first-order chi connectivity index (χ1) is 13.6. The molecular formula is C21H22FN3O3. The molecule has 2 heterocycles. The number of aromatic nitrogens is 2. The molecule has 0 aliphatic heterocycles. The Hall–Kier alpha value is -2.80. The Bertz CT molecular complexity index is 998. The topological polar surface area (TPSA) is 77.2 Å². The maximum absolute atomic E-state index is 14.2. The van der Waals surface area contributed by atoms with Gasteiger partial charge in [0.05, 0.1) is 22.3 Å².